The first-order valence-electron chi connectivity index (χ1n) is 5.73. The molecule has 2 rings (SSSR count). The summed E-state index contributed by atoms with van der Waals surface area (Å²) in [5.74, 6) is -1.28. The third-order valence-corrected chi connectivity index (χ3v) is 3.02. The number of rotatable bonds is 4. The molecule has 1 heterocycles. The summed E-state index contributed by atoms with van der Waals surface area (Å²) in [5.41, 5.74) is -0.187. The lowest BCUT2D eigenvalue weighted by atomic mass is 10.2. The number of carbonyl (C=O) groups excluding carboxylic acids is 2. The minimum Gasteiger partial charge on any atom is -0.448 e. The summed E-state index contributed by atoms with van der Waals surface area (Å²) >= 11 is 5.77. The third kappa shape index (κ3) is 3.14. The van der Waals surface area contributed by atoms with Crippen LogP contribution in [0, 0.1) is 5.82 Å². The molecular formula is C12H12ClFN2O3. The molecule has 7 heteroatoms. The van der Waals surface area contributed by atoms with Crippen LogP contribution in [0.4, 0.5) is 9.18 Å². The monoisotopic (exact) mass is 286 g/mol. The Bertz CT molecular complexity index is 489. The average Bonchev–Trinajstić information content (AvgIpc) is 2.75. The summed E-state index contributed by atoms with van der Waals surface area (Å²) in [5, 5.41) is 2.57. The molecule has 102 valence electrons. The van der Waals surface area contributed by atoms with Crippen molar-refractivity contribution in [2.75, 3.05) is 26.2 Å². The molecule has 1 aromatic rings. The van der Waals surface area contributed by atoms with Crippen LogP contribution in [-0.4, -0.2) is 43.1 Å². The van der Waals surface area contributed by atoms with Crippen LogP contribution in [0.15, 0.2) is 18.2 Å². The Morgan fingerprint density at radius 1 is 1.53 bits per heavy atom. The maximum atomic E-state index is 13.5. The third-order valence-electron chi connectivity index (χ3n) is 2.70. The molecule has 1 aliphatic heterocycles. The van der Waals surface area contributed by atoms with Crippen LogP contribution in [0.25, 0.3) is 0 Å². The molecule has 0 saturated carbocycles. The van der Waals surface area contributed by atoms with E-state index in [4.69, 9.17) is 16.3 Å². The molecule has 0 spiro atoms. The highest BCUT2D eigenvalue weighted by Gasteiger charge is 2.22. The van der Waals surface area contributed by atoms with Crippen molar-refractivity contribution < 1.29 is 18.7 Å². The number of ether oxygens (including phenoxy) is 1. The van der Waals surface area contributed by atoms with Gasteiger partial charge in [-0.3, -0.25) is 4.79 Å². The van der Waals surface area contributed by atoms with Crippen LogP contribution < -0.4 is 5.32 Å². The maximum Gasteiger partial charge on any atom is 0.409 e. The molecule has 1 saturated heterocycles. The van der Waals surface area contributed by atoms with Crippen LogP contribution in [0.2, 0.25) is 5.02 Å². The topological polar surface area (TPSA) is 58.6 Å². The van der Waals surface area contributed by atoms with Crippen LogP contribution >= 0.6 is 11.6 Å². The number of benzene rings is 1. The molecule has 1 fully saturated rings. The van der Waals surface area contributed by atoms with E-state index in [1.165, 1.54) is 23.1 Å². The fraction of sp³-hybridized carbons (Fsp3) is 0.333. The van der Waals surface area contributed by atoms with Gasteiger partial charge in [-0.15, -0.1) is 0 Å². The lowest BCUT2D eigenvalue weighted by molar-refractivity contribution is 0.0945. The average molecular weight is 287 g/mol. The zero-order valence-electron chi connectivity index (χ0n) is 9.99. The molecule has 0 aliphatic carbocycles. The molecule has 1 aromatic carbocycles. The highest BCUT2D eigenvalue weighted by molar-refractivity contribution is 6.33. The van der Waals surface area contributed by atoms with E-state index in [-0.39, 0.29) is 17.1 Å². The van der Waals surface area contributed by atoms with E-state index < -0.39 is 17.8 Å². The van der Waals surface area contributed by atoms with Gasteiger partial charge in [-0.25, -0.2) is 9.18 Å². The second-order valence-electron chi connectivity index (χ2n) is 3.95. The minimum atomic E-state index is -0.675. The predicted octanol–water partition coefficient (Wildman–Crippen LogP) is 1.66. The number of cyclic esters (lactones) is 1. The van der Waals surface area contributed by atoms with Gasteiger partial charge >= 0.3 is 6.09 Å². The van der Waals surface area contributed by atoms with Crippen molar-refractivity contribution in [3.05, 3.63) is 34.6 Å². The molecule has 0 unspecified atom stereocenters. The van der Waals surface area contributed by atoms with Gasteiger partial charge < -0.3 is 15.0 Å². The molecule has 2 amide bonds. The van der Waals surface area contributed by atoms with Gasteiger partial charge in [0.15, 0.2) is 0 Å². The van der Waals surface area contributed by atoms with E-state index >= 15 is 0 Å². The maximum absolute atomic E-state index is 13.5. The van der Waals surface area contributed by atoms with E-state index in [0.717, 1.165) is 0 Å². The quantitative estimate of drug-likeness (QED) is 0.916. The molecule has 1 aliphatic rings. The Labute approximate surface area is 114 Å². The SMILES string of the molecule is O=C(NCCN1CCOC1=O)c1c(F)cccc1Cl. The Balaban J connectivity index is 1.89. The molecule has 0 aromatic heterocycles. The summed E-state index contributed by atoms with van der Waals surface area (Å²) in [7, 11) is 0. The Morgan fingerprint density at radius 2 is 2.32 bits per heavy atom. The summed E-state index contributed by atoms with van der Waals surface area (Å²) in [6, 6.07) is 4.03. The Kier molecular flexibility index (Phi) is 4.21. The first-order chi connectivity index (χ1) is 9.09. The highest BCUT2D eigenvalue weighted by Crippen LogP contribution is 2.18. The van der Waals surface area contributed by atoms with Crippen LogP contribution in [0.3, 0.4) is 0 Å². The Hall–Kier alpha value is -1.82. The van der Waals surface area contributed by atoms with Gasteiger partial charge in [0.05, 0.1) is 17.1 Å². The number of nitrogens with one attached hydrogen (secondary N) is 1. The van der Waals surface area contributed by atoms with Crippen molar-refractivity contribution in [3.63, 3.8) is 0 Å². The van der Waals surface area contributed by atoms with Gasteiger partial charge in [0.25, 0.3) is 5.91 Å². The van der Waals surface area contributed by atoms with Crippen molar-refractivity contribution in [3.8, 4) is 0 Å². The van der Waals surface area contributed by atoms with Crippen molar-refractivity contribution >= 4 is 23.6 Å². The van der Waals surface area contributed by atoms with E-state index in [1.54, 1.807) is 0 Å². The lowest BCUT2D eigenvalue weighted by Gasteiger charge is -2.13. The van der Waals surface area contributed by atoms with Gasteiger partial charge in [0.2, 0.25) is 0 Å². The summed E-state index contributed by atoms with van der Waals surface area (Å²) in [6.07, 6.45) is -0.404. The second-order valence-corrected chi connectivity index (χ2v) is 4.36. The largest absolute Gasteiger partial charge is 0.448 e. The van der Waals surface area contributed by atoms with E-state index in [0.29, 0.717) is 19.7 Å². The zero-order chi connectivity index (χ0) is 13.8. The van der Waals surface area contributed by atoms with Crippen LogP contribution in [0.1, 0.15) is 10.4 Å². The van der Waals surface area contributed by atoms with Crippen molar-refractivity contribution in [1.82, 2.24) is 10.2 Å². The Morgan fingerprint density at radius 3 is 2.95 bits per heavy atom. The fourth-order valence-electron chi connectivity index (χ4n) is 1.74. The molecule has 0 radical (unpaired) electrons. The fourth-order valence-corrected chi connectivity index (χ4v) is 1.99. The summed E-state index contributed by atoms with van der Waals surface area (Å²) in [6.45, 7) is 1.37. The highest BCUT2D eigenvalue weighted by atomic mass is 35.5. The summed E-state index contributed by atoms with van der Waals surface area (Å²) < 4.78 is 18.2. The number of hydrogen-bond donors (Lipinski definition) is 1. The van der Waals surface area contributed by atoms with Crippen molar-refractivity contribution in [1.29, 1.82) is 0 Å². The molecule has 5 nitrogen and oxygen atoms in total. The van der Waals surface area contributed by atoms with Crippen LogP contribution in [-0.2, 0) is 4.74 Å². The number of nitrogens with zero attached hydrogens (tertiary/aromatic N) is 1. The first kappa shape index (κ1) is 13.6. The molecule has 0 bridgehead atoms. The number of carbonyl (C=O) groups is 2. The molecule has 0 atom stereocenters. The number of amides is 2. The standard InChI is InChI=1S/C12H12ClFN2O3/c13-8-2-1-3-9(14)10(8)11(17)15-4-5-16-6-7-19-12(16)18/h1-3H,4-7H2,(H,15,17). The smallest absolute Gasteiger partial charge is 0.409 e. The normalized spacial score (nSPS) is 14.4. The van der Waals surface area contributed by atoms with E-state index in [1.807, 2.05) is 0 Å². The molecule has 19 heavy (non-hydrogen) atoms. The molecular weight excluding hydrogens is 275 g/mol. The number of halogens is 2. The van der Waals surface area contributed by atoms with Gasteiger partial charge in [0.1, 0.15) is 12.4 Å². The van der Waals surface area contributed by atoms with Gasteiger partial charge in [-0.1, -0.05) is 17.7 Å². The van der Waals surface area contributed by atoms with Crippen molar-refractivity contribution in [2.45, 2.75) is 0 Å². The first-order valence-corrected chi connectivity index (χ1v) is 6.11. The van der Waals surface area contributed by atoms with Crippen LogP contribution in [0.5, 0.6) is 0 Å². The van der Waals surface area contributed by atoms with Gasteiger partial charge in [-0.05, 0) is 12.1 Å². The van der Waals surface area contributed by atoms with E-state index in [2.05, 4.69) is 5.32 Å². The predicted molar refractivity (Wildman–Crippen MR) is 66.7 cm³/mol. The van der Waals surface area contributed by atoms with Gasteiger partial charge in [0, 0.05) is 13.1 Å². The summed E-state index contributed by atoms with van der Waals surface area (Å²) in [4.78, 5) is 24.4. The van der Waals surface area contributed by atoms with E-state index in [9.17, 15) is 14.0 Å². The zero-order valence-corrected chi connectivity index (χ0v) is 10.7. The minimum absolute atomic E-state index is 0.0538. The molecule has 1 N–H and O–H groups in total. The number of hydrogen-bond acceptors (Lipinski definition) is 3. The van der Waals surface area contributed by atoms with Crippen molar-refractivity contribution in [2.24, 2.45) is 0 Å². The van der Waals surface area contributed by atoms with Gasteiger partial charge in [-0.2, -0.15) is 0 Å². The second kappa shape index (κ2) is 5.88. The lowest BCUT2D eigenvalue weighted by Crippen LogP contribution is -2.35.